The molecule has 0 N–H and O–H groups in total. The monoisotopic (exact) mass is 408 g/mol. The number of fused-ring (bicyclic) bond motifs is 2. The molecule has 30 heavy (non-hydrogen) atoms. The summed E-state index contributed by atoms with van der Waals surface area (Å²) in [4.78, 5) is 0. The van der Waals surface area contributed by atoms with Gasteiger partial charge in [-0.25, -0.2) is 0 Å². The average molecular weight is 409 g/mol. The zero-order chi connectivity index (χ0) is 21.2. The maximum Gasteiger partial charge on any atom is 0.134 e. The van der Waals surface area contributed by atoms with Gasteiger partial charge in [0.15, 0.2) is 0 Å². The number of benzene rings is 2. The molecule has 1 aliphatic carbocycles. The molecule has 0 radical (unpaired) electrons. The normalized spacial score (nSPS) is 15.4. The molecule has 0 bridgehead atoms. The van der Waals surface area contributed by atoms with Gasteiger partial charge in [0.2, 0.25) is 0 Å². The van der Waals surface area contributed by atoms with Crippen LogP contribution in [0.2, 0.25) is 0 Å². The van der Waals surface area contributed by atoms with E-state index in [-0.39, 0.29) is 0 Å². The molecule has 0 saturated carbocycles. The zero-order valence-electron chi connectivity index (χ0n) is 19.3. The number of unbranched alkanes of at least 4 members (excludes halogenated alkanes) is 7. The second-order valence-electron chi connectivity index (χ2n) is 8.55. The molecule has 0 heterocycles. The first-order valence-electron chi connectivity index (χ1n) is 12.3. The fourth-order valence-corrected chi connectivity index (χ4v) is 4.74. The van der Waals surface area contributed by atoms with E-state index < -0.39 is 0 Å². The first kappa shape index (κ1) is 22.7. The highest BCUT2D eigenvalue weighted by Gasteiger charge is 2.24. The SMILES string of the molecule is CCCCCCCCCCC1C=Cc2c(c(OCC)c3ccccc3c2OCC)C1. The third-order valence-electron chi connectivity index (χ3n) is 6.27. The van der Waals surface area contributed by atoms with E-state index in [0.717, 1.165) is 23.3 Å². The van der Waals surface area contributed by atoms with Crippen LogP contribution in [-0.4, -0.2) is 13.2 Å². The Bertz CT molecular complexity index is 821. The van der Waals surface area contributed by atoms with E-state index in [9.17, 15) is 0 Å². The molecule has 2 aromatic rings. The van der Waals surface area contributed by atoms with E-state index in [4.69, 9.17) is 9.47 Å². The molecule has 0 aromatic heterocycles. The second-order valence-corrected chi connectivity index (χ2v) is 8.55. The van der Waals surface area contributed by atoms with Crippen molar-refractivity contribution in [3.63, 3.8) is 0 Å². The Hall–Kier alpha value is -1.96. The van der Waals surface area contributed by atoms with Crippen molar-refractivity contribution in [2.45, 2.75) is 85.0 Å². The van der Waals surface area contributed by atoms with Crippen LogP contribution in [0.1, 0.15) is 89.7 Å². The van der Waals surface area contributed by atoms with E-state index in [1.54, 1.807) is 0 Å². The summed E-state index contributed by atoms with van der Waals surface area (Å²) >= 11 is 0. The predicted molar refractivity (Wildman–Crippen MR) is 130 cm³/mol. The van der Waals surface area contributed by atoms with E-state index in [2.05, 4.69) is 57.2 Å². The van der Waals surface area contributed by atoms with Crippen LogP contribution in [0, 0.1) is 5.92 Å². The van der Waals surface area contributed by atoms with Crippen molar-refractivity contribution in [3.05, 3.63) is 41.5 Å². The molecule has 0 saturated heterocycles. The van der Waals surface area contributed by atoms with E-state index in [1.165, 1.54) is 74.3 Å². The van der Waals surface area contributed by atoms with Gasteiger partial charge in [-0.15, -0.1) is 0 Å². The standard InChI is InChI=1S/C28H40O2/c1-4-7-8-9-10-11-12-13-16-22-19-20-25-26(21-22)28(30-6-3)24-18-15-14-17-23(24)27(25)29-5-2/h14-15,17-20,22H,4-13,16,21H2,1-3H3. The maximum absolute atomic E-state index is 6.20. The molecular formula is C28H40O2. The van der Waals surface area contributed by atoms with Crippen LogP contribution in [0.5, 0.6) is 11.5 Å². The van der Waals surface area contributed by atoms with Gasteiger partial charge in [0.1, 0.15) is 11.5 Å². The van der Waals surface area contributed by atoms with Crippen LogP contribution in [0.3, 0.4) is 0 Å². The summed E-state index contributed by atoms with van der Waals surface area (Å²) in [5, 5.41) is 2.34. The van der Waals surface area contributed by atoms with Crippen LogP contribution in [0.25, 0.3) is 16.8 Å². The van der Waals surface area contributed by atoms with E-state index in [1.807, 2.05) is 0 Å². The van der Waals surface area contributed by atoms with Gasteiger partial charge in [-0.1, -0.05) is 94.7 Å². The quantitative estimate of drug-likeness (QED) is 0.310. The molecule has 2 nitrogen and oxygen atoms in total. The van der Waals surface area contributed by atoms with Crippen molar-refractivity contribution in [2.24, 2.45) is 5.92 Å². The molecule has 164 valence electrons. The van der Waals surface area contributed by atoms with Crippen molar-refractivity contribution in [2.75, 3.05) is 13.2 Å². The fourth-order valence-electron chi connectivity index (χ4n) is 4.74. The Morgan fingerprint density at radius 3 is 2.03 bits per heavy atom. The number of ether oxygens (including phenoxy) is 2. The third-order valence-corrected chi connectivity index (χ3v) is 6.27. The van der Waals surface area contributed by atoms with E-state index in [0.29, 0.717) is 19.1 Å². The highest BCUT2D eigenvalue weighted by Crippen LogP contribution is 2.45. The fraction of sp³-hybridized carbons (Fsp3) is 0.571. The lowest BCUT2D eigenvalue weighted by atomic mass is 9.83. The molecule has 0 aliphatic heterocycles. The van der Waals surface area contributed by atoms with Gasteiger partial charge in [0, 0.05) is 21.9 Å². The van der Waals surface area contributed by atoms with Gasteiger partial charge in [0.25, 0.3) is 0 Å². The first-order chi connectivity index (χ1) is 14.8. The second kappa shape index (κ2) is 12.0. The summed E-state index contributed by atoms with van der Waals surface area (Å²) in [6.45, 7) is 7.80. The zero-order valence-corrected chi connectivity index (χ0v) is 19.3. The van der Waals surface area contributed by atoms with Crippen LogP contribution < -0.4 is 9.47 Å². The van der Waals surface area contributed by atoms with Gasteiger partial charge in [0.05, 0.1) is 13.2 Å². The minimum absolute atomic E-state index is 0.604. The maximum atomic E-state index is 6.20. The number of allylic oxidation sites excluding steroid dienone is 1. The summed E-state index contributed by atoms with van der Waals surface area (Å²) in [6, 6.07) is 8.52. The minimum atomic E-state index is 0.604. The van der Waals surface area contributed by atoms with Crippen LogP contribution in [0.15, 0.2) is 30.3 Å². The summed E-state index contributed by atoms with van der Waals surface area (Å²) in [7, 11) is 0. The third kappa shape index (κ3) is 5.59. The summed E-state index contributed by atoms with van der Waals surface area (Å²) in [6.07, 6.45) is 18.1. The Kier molecular flexibility index (Phi) is 9.11. The highest BCUT2D eigenvalue weighted by molar-refractivity contribution is 5.98. The van der Waals surface area contributed by atoms with Crippen molar-refractivity contribution >= 4 is 16.8 Å². The number of hydrogen-bond acceptors (Lipinski definition) is 2. The Morgan fingerprint density at radius 2 is 1.37 bits per heavy atom. The van der Waals surface area contributed by atoms with Crippen molar-refractivity contribution in [3.8, 4) is 11.5 Å². The smallest absolute Gasteiger partial charge is 0.134 e. The molecule has 3 rings (SSSR count). The topological polar surface area (TPSA) is 18.5 Å². The molecular weight excluding hydrogens is 368 g/mol. The average Bonchev–Trinajstić information content (AvgIpc) is 2.78. The van der Waals surface area contributed by atoms with Crippen molar-refractivity contribution in [1.29, 1.82) is 0 Å². The summed E-state index contributed by atoms with van der Waals surface area (Å²) in [5.41, 5.74) is 2.57. The molecule has 0 fully saturated rings. The van der Waals surface area contributed by atoms with E-state index >= 15 is 0 Å². The molecule has 1 atom stereocenters. The molecule has 2 heteroatoms. The van der Waals surface area contributed by atoms with Crippen molar-refractivity contribution in [1.82, 2.24) is 0 Å². The van der Waals surface area contributed by atoms with Gasteiger partial charge < -0.3 is 9.47 Å². The lowest BCUT2D eigenvalue weighted by molar-refractivity contribution is 0.330. The molecule has 0 spiro atoms. The summed E-state index contributed by atoms with van der Waals surface area (Å²) in [5.74, 6) is 2.69. The number of hydrogen-bond donors (Lipinski definition) is 0. The van der Waals surface area contributed by atoms with Crippen LogP contribution in [-0.2, 0) is 6.42 Å². The number of rotatable bonds is 13. The minimum Gasteiger partial charge on any atom is -0.493 e. The van der Waals surface area contributed by atoms with Gasteiger partial charge >= 0.3 is 0 Å². The lowest BCUT2D eigenvalue weighted by Gasteiger charge is -2.26. The molecule has 1 unspecified atom stereocenters. The van der Waals surface area contributed by atoms with Crippen LogP contribution >= 0.6 is 0 Å². The highest BCUT2D eigenvalue weighted by atomic mass is 16.5. The van der Waals surface area contributed by atoms with Gasteiger partial charge in [-0.2, -0.15) is 0 Å². The van der Waals surface area contributed by atoms with Gasteiger partial charge in [-0.05, 0) is 32.6 Å². The lowest BCUT2D eigenvalue weighted by Crippen LogP contribution is -2.12. The molecule has 0 amide bonds. The Balaban J connectivity index is 1.70. The van der Waals surface area contributed by atoms with Crippen molar-refractivity contribution < 1.29 is 9.47 Å². The first-order valence-corrected chi connectivity index (χ1v) is 12.3. The largest absolute Gasteiger partial charge is 0.493 e. The predicted octanol–water partition coefficient (Wildman–Crippen LogP) is 8.35. The molecule has 2 aromatic carbocycles. The Morgan fingerprint density at radius 1 is 0.767 bits per heavy atom. The summed E-state index contributed by atoms with van der Waals surface area (Å²) < 4.78 is 12.3. The molecule has 1 aliphatic rings. The Labute approximate surface area is 183 Å². The van der Waals surface area contributed by atoms with Gasteiger partial charge in [-0.3, -0.25) is 0 Å². The van der Waals surface area contributed by atoms with Crippen LogP contribution in [0.4, 0.5) is 0 Å².